The van der Waals surface area contributed by atoms with E-state index >= 15 is 0 Å². The minimum absolute atomic E-state index is 0.583. The molecule has 0 unspecified atom stereocenters. The van der Waals surface area contributed by atoms with Crippen molar-refractivity contribution in [3.63, 3.8) is 0 Å². The second-order valence-electron chi connectivity index (χ2n) is 1.66. The smallest absolute Gasteiger partial charge is 0.143 e. The van der Waals surface area contributed by atoms with E-state index in [1.54, 1.807) is 0 Å². The minimum atomic E-state index is 0.583. The SMILES string of the molecule is [CH2-]CCCCC[OH2+]. The van der Waals surface area contributed by atoms with Gasteiger partial charge in [0.05, 0.1) is 0 Å². The molecule has 0 aliphatic carbocycles. The maximum Gasteiger partial charge on any atom is 0.143 e. The van der Waals surface area contributed by atoms with E-state index in [2.05, 4.69) is 6.92 Å². The van der Waals surface area contributed by atoms with Crippen molar-refractivity contribution < 1.29 is 5.11 Å². The molecule has 2 N–H and O–H groups in total. The van der Waals surface area contributed by atoms with Crippen LogP contribution in [0.1, 0.15) is 25.7 Å². The van der Waals surface area contributed by atoms with Gasteiger partial charge in [0, 0.05) is 6.42 Å². The average Bonchev–Trinajstić information content (AvgIpc) is 1.69. The second-order valence-corrected chi connectivity index (χ2v) is 1.66. The molecular formula is C6H14O. The van der Waals surface area contributed by atoms with Gasteiger partial charge in [-0.25, -0.2) is 0 Å². The lowest BCUT2D eigenvalue weighted by molar-refractivity contribution is 0.283. The summed E-state index contributed by atoms with van der Waals surface area (Å²) in [5.41, 5.74) is 0. The van der Waals surface area contributed by atoms with E-state index in [0.29, 0.717) is 6.61 Å². The van der Waals surface area contributed by atoms with Gasteiger partial charge in [-0.05, 0) is 6.42 Å². The van der Waals surface area contributed by atoms with Gasteiger partial charge in [0.15, 0.2) is 0 Å². The van der Waals surface area contributed by atoms with Crippen LogP contribution in [0.15, 0.2) is 0 Å². The molecule has 7 heavy (non-hydrogen) atoms. The van der Waals surface area contributed by atoms with E-state index in [1.165, 1.54) is 12.8 Å². The standard InChI is InChI=1S/C6H13O/c1-2-3-4-5-6-7/h7H,1-6H2/q-1/p+1. The van der Waals surface area contributed by atoms with Crippen LogP contribution in [0.25, 0.3) is 0 Å². The maximum atomic E-state index is 6.76. The summed E-state index contributed by atoms with van der Waals surface area (Å²) < 4.78 is 0. The highest BCUT2D eigenvalue weighted by Crippen LogP contribution is 1.95. The Morgan fingerprint density at radius 2 is 1.86 bits per heavy atom. The summed E-state index contributed by atoms with van der Waals surface area (Å²) in [4.78, 5) is 0. The van der Waals surface area contributed by atoms with Crippen molar-refractivity contribution in [2.75, 3.05) is 6.61 Å². The summed E-state index contributed by atoms with van der Waals surface area (Å²) in [5.74, 6) is 0. The average molecular weight is 102 g/mol. The Balaban J connectivity index is 2.45. The Morgan fingerprint density at radius 3 is 2.29 bits per heavy atom. The zero-order valence-electron chi connectivity index (χ0n) is 4.74. The number of rotatable bonds is 4. The number of hydrogen-bond donors (Lipinski definition) is 0. The van der Waals surface area contributed by atoms with Crippen LogP contribution in [-0.4, -0.2) is 11.7 Å². The van der Waals surface area contributed by atoms with Crippen LogP contribution < -0.4 is 0 Å². The summed E-state index contributed by atoms with van der Waals surface area (Å²) in [6.45, 7) is 4.28. The molecule has 1 nitrogen and oxygen atoms in total. The molecule has 0 aliphatic rings. The number of hydrogen-bond acceptors (Lipinski definition) is 0. The van der Waals surface area contributed by atoms with Gasteiger partial charge >= 0.3 is 0 Å². The van der Waals surface area contributed by atoms with Gasteiger partial charge in [-0.2, -0.15) is 6.42 Å². The fourth-order valence-corrected chi connectivity index (χ4v) is 0.479. The first-order valence-electron chi connectivity index (χ1n) is 2.85. The Kier molecular flexibility index (Phi) is 5.93. The highest BCUT2D eigenvalue weighted by atomic mass is 16.2. The predicted octanol–water partition coefficient (Wildman–Crippen LogP) is 1.11. The molecule has 0 radical (unpaired) electrons. The monoisotopic (exact) mass is 102 g/mol. The van der Waals surface area contributed by atoms with Gasteiger partial charge in [-0.3, -0.25) is 0 Å². The molecular weight excluding hydrogens is 88.1 g/mol. The fraction of sp³-hybridized carbons (Fsp3) is 0.833. The number of unbranched alkanes of at least 4 members (excludes halogenated alkanes) is 3. The van der Waals surface area contributed by atoms with Crippen molar-refractivity contribution in [3.05, 3.63) is 6.92 Å². The Bertz CT molecular complexity index is 23.4. The molecule has 0 aromatic heterocycles. The van der Waals surface area contributed by atoms with Crippen molar-refractivity contribution in [2.24, 2.45) is 0 Å². The van der Waals surface area contributed by atoms with Gasteiger partial charge in [-0.1, -0.05) is 6.42 Å². The normalized spacial score (nSPS) is 9.43. The van der Waals surface area contributed by atoms with Crippen molar-refractivity contribution in [3.8, 4) is 0 Å². The molecule has 1 heteroatoms. The summed E-state index contributed by atoms with van der Waals surface area (Å²) >= 11 is 0. The molecule has 44 valence electrons. The summed E-state index contributed by atoms with van der Waals surface area (Å²) in [6.07, 6.45) is 4.46. The molecule has 0 amide bonds. The molecule has 0 aromatic carbocycles. The van der Waals surface area contributed by atoms with Crippen LogP contribution in [0.4, 0.5) is 0 Å². The Labute approximate surface area is 45.4 Å². The zero-order valence-corrected chi connectivity index (χ0v) is 4.74. The van der Waals surface area contributed by atoms with Crippen LogP contribution in [0, 0.1) is 6.92 Å². The highest BCUT2D eigenvalue weighted by molar-refractivity contribution is 4.41. The first-order chi connectivity index (χ1) is 3.41. The van der Waals surface area contributed by atoms with E-state index < -0.39 is 0 Å². The molecule has 0 saturated carbocycles. The molecule has 0 rings (SSSR count). The molecule has 0 bridgehead atoms. The van der Waals surface area contributed by atoms with E-state index in [0.717, 1.165) is 12.8 Å². The van der Waals surface area contributed by atoms with E-state index in [1.807, 2.05) is 0 Å². The largest absolute Gasteiger partial charge is 0.445 e. The lowest BCUT2D eigenvalue weighted by atomic mass is 10.2. The second kappa shape index (κ2) is 5.96. The molecule has 0 heterocycles. The van der Waals surface area contributed by atoms with Gasteiger partial charge in [0.2, 0.25) is 0 Å². The van der Waals surface area contributed by atoms with E-state index in [4.69, 9.17) is 5.11 Å². The topological polar surface area (TPSA) is 22.9 Å². The molecule has 0 aromatic rings. The Hall–Kier alpha value is -0.0400. The zero-order chi connectivity index (χ0) is 5.54. The third-order valence-corrected chi connectivity index (χ3v) is 0.927. The van der Waals surface area contributed by atoms with E-state index in [-0.39, 0.29) is 0 Å². The minimum Gasteiger partial charge on any atom is -0.445 e. The highest BCUT2D eigenvalue weighted by Gasteiger charge is 1.81. The fourth-order valence-electron chi connectivity index (χ4n) is 0.479. The van der Waals surface area contributed by atoms with Crippen molar-refractivity contribution in [2.45, 2.75) is 25.7 Å². The van der Waals surface area contributed by atoms with Crippen molar-refractivity contribution >= 4 is 0 Å². The third kappa shape index (κ3) is 5.96. The van der Waals surface area contributed by atoms with Crippen LogP contribution in [-0.2, 0) is 0 Å². The lowest BCUT2D eigenvalue weighted by Crippen LogP contribution is -1.80. The predicted molar refractivity (Wildman–Crippen MR) is 32.3 cm³/mol. The first kappa shape index (κ1) is 6.96. The molecule has 0 fully saturated rings. The maximum absolute atomic E-state index is 6.76. The summed E-state index contributed by atoms with van der Waals surface area (Å²) in [6, 6.07) is 0. The summed E-state index contributed by atoms with van der Waals surface area (Å²) in [5, 5.41) is 6.76. The first-order valence-corrected chi connectivity index (χ1v) is 2.85. The molecule has 0 spiro atoms. The van der Waals surface area contributed by atoms with Gasteiger partial charge in [-0.15, -0.1) is 0 Å². The van der Waals surface area contributed by atoms with Gasteiger partial charge in [0.1, 0.15) is 6.61 Å². The summed E-state index contributed by atoms with van der Waals surface area (Å²) in [7, 11) is 0. The quantitative estimate of drug-likeness (QED) is 0.288. The van der Waals surface area contributed by atoms with Gasteiger partial charge in [0.25, 0.3) is 0 Å². The van der Waals surface area contributed by atoms with Crippen molar-refractivity contribution in [1.29, 1.82) is 0 Å². The van der Waals surface area contributed by atoms with Gasteiger partial charge < -0.3 is 12.0 Å². The molecule has 0 aliphatic heterocycles. The van der Waals surface area contributed by atoms with Crippen molar-refractivity contribution in [1.82, 2.24) is 0 Å². The van der Waals surface area contributed by atoms with Crippen LogP contribution in [0.2, 0.25) is 0 Å². The van der Waals surface area contributed by atoms with E-state index in [9.17, 15) is 0 Å². The third-order valence-electron chi connectivity index (χ3n) is 0.927. The molecule has 0 atom stereocenters. The van der Waals surface area contributed by atoms with Crippen LogP contribution in [0.5, 0.6) is 0 Å². The Morgan fingerprint density at radius 1 is 1.14 bits per heavy atom. The lowest BCUT2D eigenvalue weighted by Gasteiger charge is -1.92. The van der Waals surface area contributed by atoms with Crippen LogP contribution in [0.3, 0.4) is 0 Å². The molecule has 0 saturated heterocycles. The van der Waals surface area contributed by atoms with Crippen LogP contribution >= 0.6 is 0 Å².